The second-order valence-corrected chi connectivity index (χ2v) is 7.15. The van der Waals surface area contributed by atoms with Gasteiger partial charge < -0.3 is 5.32 Å². The summed E-state index contributed by atoms with van der Waals surface area (Å²) < 4.78 is 0. The average Bonchev–Trinajstić information content (AvgIpc) is 2.71. The van der Waals surface area contributed by atoms with E-state index in [1.54, 1.807) is 11.8 Å². The van der Waals surface area contributed by atoms with Gasteiger partial charge in [0.15, 0.2) is 5.82 Å². The van der Waals surface area contributed by atoms with Crippen LogP contribution in [-0.2, 0) is 0 Å². The number of rotatable bonds is 5. The number of nitrogens with one attached hydrogen (secondary N) is 1. The van der Waals surface area contributed by atoms with E-state index in [2.05, 4.69) is 71.0 Å². The number of aromatic nitrogens is 2. The lowest BCUT2D eigenvalue weighted by Gasteiger charge is -2.16. The zero-order valence-corrected chi connectivity index (χ0v) is 15.3. The Morgan fingerprint density at radius 2 is 1.35 bits per heavy atom. The van der Waals surface area contributed by atoms with E-state index in [0.717, 1.165) is 26.5 Å². The zero-order valence-electron chi connectivity index (χ0n) is 14.5. The fraction of sp³-hybridized carbons (Fsp3) is 0.0909. The maximum absolute atomic E-state index is 4.50. The molecule has 3 nitrogen and oxygen atoms in total. The molecule has 1 heterocycles. The van der Waals surface area contributed by atoms with Crippen LogP contribution in [0.15, 0.2) is 94.9 Å². The summed E-state index contributed by atoms with van der Waals surface area (Å²) in [5.41, 5.74) is 1.22. The summed E-state index contributed by atoms with van der Waals surface area (Å²) >= 11 is 1.64. The van der Waals surface area contributed by atoms with Gasteiger partial charge >= 0.3 is 0 Å². The highest BCUT2D eigenvalue weighted by Gasteiger charge is 2.13. The topological polar surface area (TPSA) is 37.8 Å². The van der Waals surface area contributed by atoms with Crippen LogP contribution >= 0.6 is 11.8 Å². The van der Waals surface area contributed by atoms with Gasteiger partial charge in [0.05, 0.1) is 6.04 Å². The van der Waals surface area contributed by atoms with E-state index < -0.39 is 0 Å². The molecule has 0 amide bonds. The van der Waals surface area contributed by atoms with E-state index in [1.807, 2.05) is 36.4 Å². The van der Waals surface area contributed by atoms with Gasteiger partial charge in [0, 0.05) is 15.7 Å². The first-order valence-corrected chi connectivity index (χ1v) is 9.43. The number of nitrogens with zero attached hydrogens (tertiary/aromatic N) is 2. The standard InChI is InChI=1S/C22H19N3S/c1-16(17-10-4-2-5-11-17)23-21-19-14-8-9-15-20(19)22(25-24-21)26-18-12-6-3-7-13-18/h2-16H,1H3,(H,23,24). The summed E-state index contributed by atoms with van der Waals surface area (Å²) in [6.07, 6.45) is 0. The van der Waals surface area contributed by atoms with Crippen LogP contribution < -0.4 is 5.32 Å². The molecule has 1 aromatic heterocycles. The lowest BCUT2D eigenvalue weighted by atomic mass is 10.1. The Balaban J connectivity index is 1.68. The van der Waals surface area contributed by atoms with Gasteiger partial charge in [0.25, 0.3) is 0 Å². The normalized spacial score (nSPS) is 12.0. The quantitative estimate of drug-likeness (QED) is 0.479. The smallest absolute Gasteiger partial charge is 0.157 e. The molecule has 0 saturated heterocycles. The summed E-state index contributed by atoms with van der Waals surface area (Å²) in [6, 6.07) is 29.1. The zero-order chi connectivity index (χ0) is 17.8. The summed E-state index contributed by atoms with van der Waals surface area (Å²) in [6.45, 7) is 2.14. The molecule has 4 rings (SSSR count). The number of benzene rings is 3. The molecule has 0 aliphatic heterocycles. The molecule has 128 valence electrons. The maximum atomic E-state index is 4.50. The minimum atomic E-state index is 0.154. The van der Waals surface area contributed by atoms with Crippen LogP contribution in [0, 0.1) is 0 Å². The third kappa shape index (κ3) is 3.55. The lowest BCUT2D eigenvalue weighted by molar-refractivity contribution is 0.854. The number of hydrogen-bond acceptors (Lipinski definition) is 4. The fourth-order valence-corrected chi connectivity index (χ4v) is 3.78. The van der Waals surface area contributed by atoms with E-state index in [1.165, 1.54) is 5.56 Å². The van der Waals surface area contributed by atoms with Gasteiger partial charge in [-0.05, 0) is 24.6 Å². The fourth-order valence-electron chi connectivity index (χ4n) is 2.89. The van der Waals surface area contributed by atoms with E-state index in [9.17, 15) is 0 Å². The first-order chi connectivity index (χ1) is 12.8. The molecule has 4 heteroatoms. The van der Waals surface area contributed by atoms with Crippen molar-refractivity contribution in [3.63, 3.8) is 0 Å². The molecule has 1 atom stereocenters. The SMILES string of the molecule is CC(Nc1nnc(Sc2ccccc2)c2ccccc12)c1ccccc1. The number of anilines is 1. The third-order valence-electron chi connectivity index (χ3n) is 4.26. The molecule has 1 N–H and O–H groups in total. The Morgan fingerprint density at radius 1 is 0.731 bits per heavy atom. The molecular formula is C22H19N3S. The van der Waals surface area contributed by atoms with E-state index in [4.69, 9.17) is 0 Å². The predicted molar refractivity (Wildman–Crippen MR) is 109 cm³/mol. The van der Waals surface area contributed by atoms with Crippen molar-refractivity contribution in [2.75, 3.05) is 5.32 Å². The maximum Gasteiger partial charge on any atom is 0.157 e. The molecule has 1 unspecified atom stereocenters. The summed E-state index contributed by atoms with van der Waals surface area (Å²) in [4.78, 5) is 1.16. The molecule has 0 saturated carbocycles. The Morgan fingerprint density at radius 3 is 2.08 bits per heavy atom. The van der Waals surface area contributed by atoms with Gasteiger partial charge in [-0.3, -0.25) is 0 Å². The number of hydrogen-bond donors (Lipinski definition) is 1. The summed E-state index contributed by atoms with van der Waals surface area (Å²) in [5, 5.41) is 15.6. The molecule has 26 heavy (non-hydrogen) atoms. The van der Waals surface area contributed by atoms with Crippen molar-refractivity contribution in [3.8, 4) is 0 Å². The van der Waals surface area contributed by atoms with Crippen LogP contribution in [0.25, 0.3) is 10.8 Å². The summed E-state index contributed by atoms with van der Waals surface area (Å²) in [5.74, 6) is 0.814. The van der Waals surface area contributed by atoms with E-state index in [0.29, 0.717) is 0 Å². The van der Waals surface area contributed by atoms with Gasteiger partial charge in [-0.1, -0.05) is 84.6 Å². The van der Waals surface area contributed by atoms with Crippen LogP contribution in [-0.4, -0.2) is 10.2 Å². The van der Waals surface area contributed by atoms with Gasteiger partial charge in [-0.2, -0.15) is 0 Å². The van der Waals surface area contributed by atoms with Crippen molar-refractivity contribution in [2.24, 2.45) is 0 Å². The Hall–Kier alpha value is -2.85. The first-order valence-electron chi connectivity index (χ1n) is 8.61. The minimum Gasteiger partial charge on any atom is -0.362 e. The predicted octanol–water partition coefficient (Wildman–Crippen LogP) is 5.95. The molecule has 4 aromatic rings. The Kier molecular flexibility index (Phi) is 4.84. The van der Waals surface area contributed by atoms with Crippen LogP contribution in [0.3, 0.4) is 0 Å². The van der Waals surface area contributed by atoms with E-state index in [-0.39, 0.29) is 6.04 Å². The highest BCUT2D eigenvalue weighted by Crippen LogP contribution is 2.34. The molecule has 0 spiro atoms. The first kappa shape index (κ1) is 16.6. The highest BCUT2D eigenvalue weighted by atomic mass is 32.2. The van der Waals surface area contributed by atoms with Crippen LogP contribution in [0.4, 0.5) is 5.82 Å². The molecule has 3 aromatic carbocycles. The number of fused-ring (bicyclic) bond motifs is 1. The monoisotopic (exact) mass is 357 g/mol. The van der Waals surface area contributed by atoms with Crippen LogP contribution in [0.1, 0.15) is 18.5 Å². The van der Waals surface area contributed by atoms with Crippen molar-refractivity contribution < 1.29 is 0 Å². The van der Waals surface area contributed by atoms with Gasteiger partial charge in [-0.25, -0.2) is 0 Å². The van der Waals surface area contributed by atoms with Crippen LogP contribution in [0.5, 0.6) is 0 Å². The van der Waals surface area contributed by atoms with Crippen molar-refractivity contribution in [3.05, 3.63) is 90.5 Å². The average molecular weight is 357 g/mol. The molecule has 0 bridgehead atoms. The molecule has 0 aliphatic carbocycles. The van der Waals surface area contributed by atoms with Crippen molar-refractivity contribution in [2.45, 2.75) is 22.9 Å². The third-order valence-corrected chi connectivity index (χ3v) is 5.27. The molecule has 0 aliphatic rings. The lowest BCUT2D eigenvalue weighted by Crippen LogP contribution is -2.09. The minimum absolute atomic E-state index is 0.154. The van der Waals surface area contributed by atoms with Crippen LogP contribution in [0.2, 0.25) is 0 Å². The van der Waals surface area contributed by atoms with Crippen molar-refractivity contribution >= 4 is 28.4 Å². The second-order valence-electron chi connectivity index (χ2n) is 6.09. The van der Waals surface area contributed by atoms with Crippen molar-refractivity contribution in [1.29, 1.82) is 0 Å². The van der Waals surface area contributed by atoms with Gasteiger partial charge in [0.1, 0.15) is 5.03 Å². The Bertz CT molecular complexity index is 1000. The Labute approximate surface area is 157 Å². The second kappa shape index (κ2) is 7.58. The van der Waals surface area contributed by atoms with Gasteiger partial charge in [-0.15, -0.1) is 10.2 Å². The molecule has 0 fully saturated rings. The van der Waals surface area contributed by atoms with Gasteiger partial charge in [0.2, 0.25) is 0 Å². The molecular weight excluding hydrogens is 338 g/mol. The summed E-state index contributed by atoms with van der Waals surface area (Å²) in [7, 11) is 0. The van der Waals surface area contributed by atoms with E-state index >= 15 is 0 Å². The highest BCUT2D eigenvalue weighted by molar-refractivity contribution is 7.99. The largest absolute Gasteiger partial charge is 0.362 e. The molecule has 0 radical (unpaired) electrons. The van der Waals surface area contributed by atoms with Crippen molar-refractivity contribution in [1.82, 2.24) is 10.2 Å².